The topological polar surface area (TPSA) is 165 Å². The highest BCUT2D eigenvalue weighted by Gasteiger charge is 2.29. The van der Waals surface area contributed by atoms with Crippen LogP contribution in [0.1, 0.15) is 32.3 Å². The van der Waals surface area contributed by atoms with Crippen molar-refractivity contribution < 1.29 is 24.3 Å². The lowest BCUT2D eigenvalue weighted by Crippen LogP contribution is -2.55. The molecule has 0 spiro atoms. The Morgan fingerprint density at radius 2 is 1.64 bits per heavy atom. The fourth-order valence-electron chi connectivity index (χ4n) is 2.56. The zero-order chi connectivity index (χ0) is 21.3. The minimum Gasteiger partial charge on any atom is -0.480 e. The maximum Gasteiger partial charge on any atom is 0.326 e. The molecule has 0 aliphatic heterocycles. The highest BCUT2D eigenvalue weighted by atomic mass is 16.4. The molecule has 0 saturated heterocycles. The van der Waals surface area contributed by atoms with Crippen molar-refractivity contribution in [3.05, 3.63) is 35.9 Å². The number of carboxylic acids is 1. The van der Waals surface area contributed by atoms with Crippen molar-refractivity contribution >= 4 is 23.7 Å². The minimum atomic E-state index is -1.19. The van der Waals surface area contributed by atoms with Crippen LogP contribution >= 0.6 is 0 Å². The number of carbonyl (C=O) groups is 4. The van der Waals surface area contributed by atoms with Crippen LogP contribution in [0, 0.1) is 5.92 Å². The molecule has 28 heavy (non-hydrogen) atoms. The van der Waals surface area contributed by atoms with Gasteiger partial charge < -0.3 is 27.2 Å². The summed E-state index contributed by atoms with van der Waals surface area (Å²) in [5, 5.41) is 14.1. The average Bonchev–Trinajstić information content (AvgIpc) is 2.62. The molecule has 9 heteroatoms. The lowest BCUT2D eigenvalue weighted by atomic mass is 10.0. The molecule has 0 bridgehead atoms. The third-order valence-corrected chi connectivity index (χ3v) is 4.18. The summed E-state index contributed by atoms with van der Waals surface area (Å²) in [6, 6.07) is 5.97. The van der Waals surface area contributed by atoms with Gasteiger partial charge >= 0.3 is 5.97 Å². The van der Waals surface area contributed by atoms with E-state index >= 15 is 0 Å². The Bertz CT molecular complexity index is 693. The third kappa shape index (κ3) is 7.75. The van der Waals surface area contributed by atoms with E-state index in [-0.39, 0.29) is 25.2 Å². The molecule has 3 atom stereocenters. The summed E-state index contributed by atoms with van der Waals surface area (Å²) in [6.07, 6.45) is 0.0572. The first-order chi connectivity index (χ1) is 13.1. The first-order valence-corrected chi connectivity index (χ1v) is 9.03. The van der Waals surface area contributed by atoms with Crippen LogP contribution in [-0.4, -0.2) is 46.9 Å². The van der Waals surface area contributed by atoms with Crippen molar-refractivity contribution in [2.24, 2.45) is 17.4 Å². The van der Waals surface area contributed by atoms with E-state index in [0.29, 0.717) is 0 Å². The van der Waals surface area contributed by atoms with Crippen LogP contribution < -0.4 is 22.1 Å². The predicted molar refractivity (Wildman–Crippen MR) is 103 cm³/mol. The van der Waals surface area contributed by atoms with E-state index in [0.717, 1.165) is 5.56 Å². The molecule has 3 amide bonds. The van der Waals surface area contributed by atoms with Gasteiger partial charge in [0.1, 0.15) is 12.1 Å². The van der Waals surface area contributed by atoms with Crippen molar-refractivity contribution in [1.82, 2.24) is 10.6 Å². The monoisotopic (exact) mass is 392 g/mol. The fraction of sp³-hybridized carbons (Fsp3) is 0.474. The van der Waals surface area contributed by atoms with Gasteiger partial charge in [0, 0.05) is 6.42 Å². The van der Waals surface area contributed by atoms with Crippen LogP contribution in [0.5, 0.6) is 0 Å². The van der Waals surface area contributed by atoms with E-state index in [9.17, 15) is 24.3 Å². The largest absolute Gasteiger partial charge is 0.480 e. The van der Waals surface area contributed by atoms with Crippen LogP contribution in [0.15, 0.2) is 30.3 Å². The van der Waals surface area contributed by atoms with Gasteiger partial charge in [-0.2, -0.15) is 0 Å². The number of carboxylic acid groups (broad SMARTS) is 1. The quantitative estimate of drug-likeness (QED) is 0.342. The Morgan fingerprint density at radius 3 is 2.14 bits per heavy atom. The molecule has 0 saturated carbocycles. The Kier molecular flexibility index (Phi) is 9.10. The maximum atomic E-state index is 12.5. The molecule has 7 N–H and O–H groups in total. The second-order valence-electron chi connectivity index (χ2n) is 6.93. The van der Waals surface area contributed by atoms with Crippen molar-refractivity contribution in [2.75, 3.05) is 0 Å². The van der Waals surface area contributed by atoms with E-state index < -0.39 is 41.8 Å². The first-order valence-electron chi connectivity index (χ1n) is 9.03. The molecule has 1 aromatic rings. The Morgan fingerprint density at radius 1 is 1.04 bits per heavy atom. The molecule has 0 aromatic heterocycles. The third-order valence-electron chi connectivity index (χ3n) is 4.18. The molecular weight excluding hydrogens is 364 g/mol. The Labute approximate surface area is 163 Å². The molecule has 1 rings (SSSR count). The van der Waals surface area contributed by atoms with E-state index in [2.05, 4.69) is 10.6 Å². The highest BCUT2D eigenvalue weighted by molar-refractivity contribution is 5.92. The molecule has 0 aliphatic carbocycles. The summed E-state index contributed by atoms with van der Waals surface area (Å²) in [5.74, 6) is -3.48. The van der Waals surface area contributed by atoms with E-state index in [4.69, 9.17) is 11.5 Å². The molecule has 9 nitrogen and oxygen atoms in total. The van der Waals surface area contributed by atoms with Gasteiger partial charge in [0.15, 0.2) is 0 Å². The van der Waals surface area contributed by atoms with Gasteiger partial charge in [0.25, 0.3) is 0 Å². The fourth-order valence-corrected chi connectivity index (χ4v) is 2.56. The van der Waals surface area contributed by atoms with Gasteiger partial charge in [0.05, 0.1) is 6.04 Å². The second-order valence-corrected chi connectivity index (χ2v) is 6.93. The lowest BCUT2D eigenvalue weighted by molar-refractivity contribution is -0.143. The number of nitrogens with one attached hydrogen (secondary N) is 2. The van der Waals surface area contributed by atoms with Gasteiger partial charge in [-0.15, -0.1) is 0 Å². The smallest absolute Gasteiger partial charge is 0.326 e. The lowest BCUT2D eigenvalue weighted by Gasteiger charge is -2.24. The number of primary amides is 1. The molecule has 1 aromatic carbocycles. The first kappa shape index (κ1) is 23.1. The molecule has 0 aliphatic rings. The number of amides is 3. The Balaban J connectivity index is 2.81. The van der Waals surface area contributed by atoms with Gasteiger partial charge in [-0.05, 0) is 24.3 Å². The van der Waals surface area contributed by atoms with E-state index in [1.807, 2.05) is 30.3 Å². The van der Waals surface area contributed by atoms with Crippen molar-refractivity contribution in [3.63, 3.8) is 0 Å². The number of carbonyl (C=O) groups excluding carboxylic acids is 3. The molecular formula is C19H28N4O5. The molecule has 154 valence electrons. The van der Waals surface area contributed by atoms with Crippen molar-refractivity contribution in [3.8, 4) is 0 Å². The van der Waals surface area contributed by atoms with Crippen molar-refractivity contribution in [2.45, 2.75) is 51.2 Å². The average molecular weight is 392 g/mol. The summed E-state index contributed by atoms with van der Waals surface area (Å²) in [4.78, 5) is 47.3. The zero-order valence-corrected chi connectivity index (χ0v) is 16.1. The number of aliphatic carboxylic acids is 1. The summed E-state index contributed by atoms with van der Waals surface area (Å²) in [5.41, 5.74) is 11.9. The maximum absolute atomic E-state index is 12.5. The van der Waals surface area contributed by atoms with Crippen LogP contribution in [0.25, 0.3) is 0 Å². The molecule has 0 radical (unpaired) electrons. The van der Waals surface area contributed by atoms with Gasteiger partial charge in [0.2, 0.25) is 17.7 Å². The zero-order valence-electron chi connectivity index (χ0n) is 16.1. The van der Waals surface area contributed by atoms with Gasteiger partial charge in [-0.1, -0.05) is 44.2 Å². The molecule has 0 heterocycles. The predicted octanol–water partition coefficient (Wildman–Crippen LogP) is -0.468. The molecule has 0 fully saturated rings. The summed E-state index contributed by atoms with van der Waals surface area (Å²) >= 11 is 0. The van der Waals surface area contributed by atoms with Crippen LogP contribution in [0.2, 0.25) is 0 Å². The summed E-state index contributed by atoms with van der Waals surface area (Å²) in [6.45, 7) is 3.29. The highest BCUT2D eigenvalue weighted by Crippen LogP contribution is 2.06. The Hall–Kier alpha value is -2.94. The van der Waals surface area contributed by atoms with Gasteiger partial charge in [-0.25, -0.2) is 4.79 Å². The molecule has 3 unspecified atom stereocenters. The van der Waals surface area contributed by atoms with E-state index in [1.165, 1.54) is 0 Å². The van der Waals surface area contributed by atoms with Gasteiger partial charge in [-0.3, -0.25) is 14.4 Å². The van der Waals surface area contributed by atoms with Crippen LogP contribution in [0.4, 0.5) is 0 Å². The number of hydrogen-bond acceptors (Lipinski definition) is 5. The SMILES string of the molecule is CC(C)C(NC(=O)C(CCC(N)=O)NC(=O)C(N)Cc1ccccc1)C(=O)O. The standard InChI is InChI=1S/C19H28N4O5/c1-11(2)16(19(27)28)23-18(26)14(8-9-15(21)24)22-17(25)13(20)10-12-6-4-3-5-7-12/h3-7,11,13-14,16H,8-10,20H2,1-2H3,(H2,21,24)(H,22,25)(H,23,26)(H,27,28). The number of nitrogens with two attached hydrogens (primary N) is 2. The van der Waals surface area contributed by atoms with E-state index in [1.54, 1.807) is 13.8 Å². The number of rotatable bonds is 11. The van der Waals surface area contributed by atoms with Crippen molar-refractivity contribution in [1.29, 1.82) is 0 Å². The van der Waals surface area contributed by atoms with Crippen LogP contribution in [0.3, 0.4) is 0 Å². The second kappa shape index (κ2) is 11.0. The summed E-state index contributed by atoms with van der Waals surface area (Å²) in [7, 11) is 0. The normalized spacial score (nSPS) is 14.0. The van der Waals surface area contributed by atoms with Crippen LogP contribution in [-0.2, 0) is 25.6 Å². The number of benzene rings is 1. The minimum absolute atomic E-state index is 0.0601. The summed E-state index contributed by atoms with van der Waals surface area (Å²) < 4.78 is 0. The number of hydrogen-bond donors (Lipinski definition) is 5.